The molecule has 3 atom stereocenters. The highest BCUT2D eigenvalue weighted by Gasteiger charge is 2.47. The van der Waals surface area contributed by atoms with Crippen LogP contribution in [0.3, 0.4) is 0 Å². The molecule has 3 amide bonds. The van der Waals surface area contributed by atoms with Crippen LogP contribution in [0.15, 0.2) is 36.4 Å². The van der Waals surface area contributed by atoms with Crippen LogP contribution in [-0.2, 0) is 14.4 Å². The van der Waals surface area contributed by atoms with E-state index < -0.39 is 0 Å². The second-order valence-electron chi connectivity index (χ2n) is 8.00. The van der Waals surface area contributed by atoms with Crippen molar-refractivity contribution in [1.82, 2.24) is 14.8 Å². The van der Waals surface area contributed by atoms with E-state index in [0.717, 1.165) is 28.1 Å². The molecule has 1 aliphatic carbocycles. The summed E-state index contributed by atoms with van der Waals surface area (Å²) in [6.45, 7) is 0.892. The number of rotatable bonds is 4. The van der Waals surface area contributed by atoms with Gasteiger partial charge in [-0.25, -0.2) is 4.98 Å². The standard InChI is InChI=1S/C22H23N3O3S/c26-19(11-13-25-21(27)14-6-1-2-7-15(14)22(25)28)24-12-5-9-17(24)20-23-16-8-3-4-10-18(16)29-20/h1-4,8,10,14-15,17H,5-7,9,11-13H2. The summed E-state index contributed by atoms with van der Waals surface area (Å²) in [5.74, 6) is -0.683. The van der Waals surface area contributed by atoms with E-state index in [1.807, 2.05) is 35.3 Å². The van der Waals surface area contributed by atoms with E-state index in [4.69, 9.17) is 4.98 Å². The van der Waals surface area contributed by atoms with Crippen LogP contribution in [0.2, 0.25) is 0 Å². The Morgan fingerprint density at radius 3 is 2.55 bits per heavy atom. The molecule has 0 spiro atoms. The van der Waals surface area contributed by atoms with Gasteiger partial charge < -0.3 is 4.90 Å². The molecule has 2 aliphatic heterocycles. The molecule has 5 rings (SSSR count). The van der Waals surface area contributed by atoms with Crippen LogP contribution in [0.4, 0.5) is 0 Å². The number of allylic oxidation sites excluding steroid dienone is 2. The summed E-state index contributed by atoms with van der Waals surface area (Å²) in [7, 11) is 0. The monoisotopic (exact) mass is 409 g/mol. The number of imide groups is 1. The molecule has 2 fully saturated rings. The van der Waals surface area contributed by atoms with Crippen LogP contribution in [0, 0.1) is 11.8 Å². The Labute approximate surface area is 173 Å². The van der Waals surface area contributed by atoms with Crippen LogP contribution in [0.5, 0.6) is 0 Å². The second kappa shape index (κ2) is 7.37. The molecule has 0 bridgehead atoms. The number of fused-ring (bicyclic) bond motifs is 2. The quantitative estimate of drug-likeness (QED) is 0.574. The maximum absolute atomic E-state index is 13.0. The lowest BCUT2D eigenvalue weighted by Crippen LogP contribution is -2.37. The number of carbonyl (C=O) groups is 3. The topological polar surface area (TPSA) is 70.6 Å². The number of hydrogen-bond donors (Lipinski definition) is 0. The van der Waals surface area contributed by atoms with Crippen molar-refractivity contribution in [2.24, 2.45) is 11.8 Å². The van der Waals surface area contributed by atoms with E-state index in [9.17, 15) is 14.4 Å². The fourth-order valence-corrected chi connectivity index (χ4v) is 5.91. The van der Waals surface area contributed by atoms with E-state index in [1.165, 1.54) is 4.90 Å². The van der Waals surface area contributed by atoms with E-state index in [-0.39, 0.29) is 48.6 Å². The van der Waals surface area contributed by atoms with Gasteiger partial charge in [0.25, 0.3) is 0 Å². The van der Waals surface area contributed by atoms with Gasteiger partial charge in [0, 0.05) is 19.5 Å². The smallest absolute Gasteiger partial charge is 0.233 e. The Balaban J connectivity index is 1.27. The van der Waals surface area contributed by atoms with Gasteiger partial charge in [-0.05, 0) is 37.8 Å². The third-order valence-corrected chi connectivity index (χ3v) is 7.45. The van der Waals surface area contributed by atoms with Crippen LogP contribution in [0.1, 0.15) is 43.2 Å². The maximum atomic E-state index is 13.0. The van der Waals surface area contributed by atoms with Crippen molar-refractivity contribution >= 4 is 39.3 Å². The minimum absolute atomic E-state index is 0.000327. The lowest BCUT2D eigenvalue weighted by Gasteiger charge is -2.24. The number of aromatic nitrogens is 1. The number of para-hydroxylation sites is 1. The predicted octanol–water partition coefficient (Wildman–Crippen LogP) is 3.30. The van der Waals surface area contributed by atoms with E-state index >= 15 is 0 Å². The first-order chi connectivity index (χ1) is 14.1. The molecule has 0 saturated carbocycles. The molecule has 2 saturated heterocycles. The average molecular weight is 410 g/mol. The van der Waals surface area contributed by atoms with Gasteiger partial charge in [0.05, 0.1) is 28.1 Å². The number of thiazole rings is 1. The third kappa shape index (κ3) is 3.17. The van der Waals surface area contributed by atoms with Gasteiger partial charge >= 0.3 is 0 Å². The maximum Gasteiger partial charge on any atom is 0.233 e. The van der Waals surface area contributed by atoms with Crippen molar-refractivity contribution in [3.63, 3.8) is 0 Å². The third-order valence-electron chi connectivity index (χ3n) is 6.32. The van der Waals surface area contributed by atoms with Crippen molar-refractivity contribution in [2.75, 3.05) is 13.1 Å². The van der Waals surface area contributed by atoms with Gasteiger partial charge in [-0.3, -0.25) is 19.3 Å². The van der Waals surface area contributed by atoms with Crippen molar-refractivity contribution < 1.29 is 14.4 Å². The van der Waals surface area contributed by atoms with Crippen LogP contribution in [-0.4, -0.2) is 45.6 Å². The van der Waals surface area contributed by atoms with Gasteiger partial charge in [-0.2, -0.15) is 0 Å². The molecular weight excluding hydrogens is 386 g/mol. The van der Waals surface area contributed by atoms with Gasteiger partial charge in [-0.15, -0.1) is 11.3 Å². The van der Waals surface area contributed by atoms with Crippen molar-refractivity contribution in [3.8, 4) is 0 Å². The van der Waals surface area contributed by atoms with Crippen LogP contribution in [0.25, 0.3) is 10.2 Å². The molecule has 150 valence electrons. The Morgan fingerprint density at radius 2 is 1.83 bits per heavy atom. The summed E-state index contributed by atoms with van der Waals surface area (Å²) in [4.78, 5) is 46.1. The average Bonchev–Trinajstić information content (AvgIpc) is 3.44. The van der Waals surface area contributed by atoms with Crippen molar-refractivity contribution in [1.29, 1.82) is 0 Å². The zero-order valence-corrected chi connectivity index (χ0v) is 16.9. The lowest BCUT2D eigenvalue weighted by atomic mass is 9.85. The summed E-state index contributed by atoms with van der Waals surface area (Å²) in [5, 5.41) is 0.975. The Morgan fingerprint density at radius 1 is 1.10 bits per heavy atom. The fraction of sp³-hybridized carbons (Fsp3) is 0.455. The highest BCUT2D eigenvalue weighted by atomic mass is 32.1. The number of amides is 3. The highest BCUT2D eigenvalue weighted by Crippen LogP contribution is 2.38. The first kappa shape index (κ1) is 18.5. The Kier molecular flexibility index (Phi) is 4.70. The summed E-state index contributed by atoms with van der Waals surface area (Å²) in [6.07, 6.45) is 7.26. The molecule has 3 heterocycles. The molecule has 29 heavy (non-hydrogen) atoms. The van der Waals surface area contributed by atoms with E-state index in [0.29, 0.717) is 19.4 Å². The van der Waals surface area contributed by atoms with Crippen molar-refractivity contribution in [3.05, 3.63) is 41.4 Å². The first-order valence-corrected chi connectivity index (χ1v) is 11.1. The summed E-state index contributed by atoms with van der Waals surface area (Å²) in [6, 6.07) is 8.02. The van der Waals surface area contributed by atoms with Gasteiger partial charge in [0.1, 0.15) is 5.01 Å². The molecule has 3 unspecified atom stereocenters. The molecule has 1 aromatic carbocycles. The highest BCUT2D eigenvalue weighted by molar-refractivity contribution is 7.18. The molecule has 0 N–H and O–H groups in total. The number of benzene rings is 1. The predicted molar refractivity (Wildman–Crippen MR) is 110 cm³/mol. The number of carbonyl (C=O) groups excluding carboxylic acids is 3. The van der Waals surface area contributed by atoms with Crippen molar-refractivity contribution in [2.45, 2.75) is 38.1 Å². The molecule has 3 aliphatic rings. The Hall–Kier alpha value is -2.54. The molecule has 7 heteroatoms. The minimum Gasteiger partial charge on any atom is -0.333 e. The number of hydrogen-bond acceptors (Lipinski definition) is 5. The lowest BCUT2D eigenvalue weighted by molar-refractivity contribution is -0.141. The SMILES string of the molecule is O=C1C2CC=CCC2C(=O)N1CCC(=O)N1CCCC1c1nc2ccccc2s1. The van der Waals surface area contributed by atoms with Gasteiger partial charge in [0.2, 0.25) is 17.7 Å². The normalized spacial score (nSPS) is 26.6. The van der Waals surface area contributed by atoms with Gasteiger partial charge in [0.15, 0.2) is 0 Å². The Bertz CT molecular complexity index is 955. The minimum atomic E-state index is -0.232. The number of nitrogens with zero attached hydrogens (tertiary/aromatic N) is 3. The fourth-order valence-electron chi connectivity index (χ4n) is 4.79. The van der Waals surface area contributed by atoms with Crippen LogP contribution >= 0.6 is 11.3 Å². The van der Waals surface area contributed by atoms with Gasteiger partial charge in [-0.1, -0.05) is 24.3 Å². The zero-order chi connectivity index (χ0) is 20.0. The summed E-state index contributed by atoms with van der Waals surface area (Å²) < 4.78 is 1.13. The van der Waals surface area contributed by atoms with E-state index in [1.54, 1.807) is 11.3 Å². The molecule has 2 aromatic rings. The van der Waals surface area contributed by atoms with Crippen LogP contribution < -0.4 is 0 Å². The molecular formula is C22H23N3O3S. The zero-order valence-electron chi connectivity index (χ0n) is 16.1. The van der Waals surface area contributed by atoms with E-state index in [2.05, 4.69) is 6.07 Å². The largest absolute Gasteiger partial charge is 0.333 e. The molecule has 0 radical (unpaired) electrons. The summed E-state index contributed by atoms with van der Waals surface area (Å²) in [5.41, 5.74) is 0.969. The summed E-state index contributed by atoms with van der Waals surface area (Å²) >= 11 is 1.64. The molecule has 6 nitrogen and oxygen atoms in total. The molecule has 1 aromatic heterocycles. The number of likely N-dealkylation sites (tertiary alicyclic amines) is 2. The second-order valence-corrected chi connectivity index (χ2v) is 9.06. The first-order valence-electron chi connectivity index (χ1n) is 10.3.